The largest absolute Gasteiger partial charge is 0.398 e. The Bertz CT molecular complexity index is 580. The number of thioether (sulfide) groups is 1. The fourth-order valence-corrected chi connectivity index (χ4v) is 3.14. The minimum absolute atomic E-state index is 0.298. The van der Waals surface area contributed by atoms with Crippen LogP contribution in [0.1, 0.15) is 5.56 Å². The molecule has 0 aliphatic heterocycles. The summed E-state index contributed by atoms with van der Waals surface area (Å²) < 4.78 is 0. The van der Waals surface area contributed by atoms with Gasteiger partial charge in [-0.2, -0.15) is 0 Å². The first-order valence-corrected chi connectivity index (χ1v) is 8.08. The van der Waals surface area contributed by atoms with E-state index in [0.29, 0.717) is 22.9 Å². The standard InChI is InChI=1S/C16H19ClN2OS/c17-12-6-7-16(14(19)9-12)21-10-15(20)13(18)8-11-4-2-1-3-5-11/h1-7,9,13,15,20H,8,10,18-19H2. The average molecular weight is 323 g/mol. The number of aliphatic hydroxyl groups is 1. The van der Waals surface area contributed by atoms with Gasteiger partial charge in [-0.15, -0.1) is 11.8 Å². The van der Waals surface area contributed by atoms with Gasteiger partial charge in [-0.25, -0.2) is 0 Å². The maximum atomic E-state index is 10.2. The monoisotopic (exact) mass is 322 g/mol. The van der Waals surface area contributed by atoms with Gasteiger partial charge >= 0.3 is 0 Å². The Labute approximate surface area is 134 Å². The first-order valence-electron chi connectivity index (χ1n) is 6.71. The van der Waals surface area contributed by atoms with Gasteiger partial charge in [0.05, 0.1) is 6.10 Å². The van der Waals surface area contributed by atoms with E-state index in [1.54, 1.807) is 12.1 Å². The van der Waals surface area contributed by atoms with Crippen molar-refractivity contribution in [1.82, 2.24) is 0 Å². The summed E-state index contributed by atoms with van der Waals surface area (Å²) in [6.07, 6.45) is 0.0591. The summed E-state index contributed by atoms with van der Waals surface area (Å²) in [4.78, 5) is 0.908. The van der Waals surface area contributed by atoms with Crippen LogP contribution in [0.3, 0.4) is 0 Å². The zero-order valence-electron chi connectivity index (χ0n) is 11.6. The third-order valence-electron chi connectivity index (χ3n) is 3.19. The molecular formula is C16H19ClN2OS. The van der Waals surface area contributed by atoms with Crippen LogP contribution in [0.5, 0.6) is 0 Å². The number of benzene rings is 2. The van der Waals surface area contributed by atoms with Gasteiger partial charge < -0.3 is 16.6 Å². The average Bonchev–Trinajstić information content (AvgIpc) is 2.47. The molecule has 2 unspecified atom stereocenters. The first kappa shape index (κ1) is 16.2. The highest BCUT2D eigenvalue weighted by Gasteiger charge is 2.16. The lowest BCUT2D eigenvalue weighted by molar-refractivity contribution is 0.168. The second-order valence-corrected chi connectivity index (χ2v) is 6.41. The molecule has 21 heavy (non-hydrogen) atoms. The predicted molar refractivity (Wildman–Crippen MR) is 90.7 cm³/mol. The van der Waals surface area contributed by atoms with Crippen LogP contribution >= 0.6 is 23.4 Å². The summed E-state index contributed by atoms with van der Waals surface area (Å²) >= 11 is 7.35. The molecule has 5 heteroatoms. The van der Waals surface area contributed by atoms with Crippen LogP contribution in [0, 0.1) is 0 Å². The molecule has 3 nitrogen and oxygen atoms in total. The molecule has 0 heterocycles. The van der Waals surface area contributed by atoms with Crippen LogP contribution in [-0.4, -0.2) is 23.0 Å². The molecule has 0 saturated carbocycles. The van der Waals surface area contributed by atoms with Crippen molar-refractivity contribution >= 4 is 29.1 Å². The summed E-state index contributed by atoms with van der Waals surface area (Å²) in [5.74, 6) is 0.500. The highest BCUT2D eigenvalue weighted by molar-refractivity contribution is 7.99. The molecule has 2 atom stereocenters. The van der Waals surface area contributed by atoms with Crippen molar-refractivity contribution in [2.75, 3.05) is 11.5 Å². The first-order chi connectivity index (χ1) is 10.1. The zero-order chi connectivity index (χ0) is 15.2. The lowest BCUT2D eigenvalue weighted by Gasteiger charge is -2.19. The van der Waals surface area contributed by atoms with Gasteiger partial charge in [0.25, 0.3) is 0 Å². The Morgan fingerprint density at radius 1 is 1.14 bits per heavy atom. The second kappa shape index (κ2) is 7.71. The lowest BCUT2D eigenvalue weighted by Crippen LogP contribution is -2.38. The molecule has 112 valence electrons. The van der Waals surface area contributed by atoms with Crippen molar-refractivity contribution in [1.29, 1.82) is 0 Å². The molecule has 0 spiro atoms. The van der Waals surface area contributed by atoms with Crippen molar-refractivity contribution in [2.45, 2.75) is 23.5 Å². The summed E-state index contributed by atoms with van der Waals surface area (Å²) in [6.45, 7) is 0. The predicted octanol–water partition coefficient (Wildman–Crippen LogP) is 2.95. The van der Waals surface area contributed by atoms with E-state index in [-0.39, 0.29) is 6.04 Å². The van der Waals surface area contributed by atoms with Crippen LogP contribution in [0.25, 0.3) is 0 Å². The minimum atomic E-state index is -0.592. The topological polar surface area (TPSA) is 72.3 Å². The molecule has 2 aromatic carbocycles. The van der Waals surface area contributed by atoms with Crippen molar-refractivity contribution in [3.63, 3.8) is 0 Å². The Hall–Kier alpha value is -1.20. The van der Waals surface area contributed by atoms with Crippen LogP contribution in [0.2, 0.25) is 5.02 Å². The molecular weight excluding hydrogens is 304 g/mol. The Morgan fingerprint density at radius 3 is 2.52 bits per heavy atom. The molecule has 0 radical (unpaired) electrons. The molecule has 0 bridgehead atoms. The third-order valence-corrected chi connectivity index (χ3v) is 4.62. The Balaban J connectivity index is 1.87. The normalized spacial score (nSPS) is 13.9. The van der Waals surface area contributed by atoms with Crippen molar-refractivity contribution < 1.29 is 5.11 Å². The molecule has 0 aliphatic rings. The molecule has 0 saturated heterocycles. The number of hydrogen-bond donors (Lipinski definition) is 3. The van der Waals surface area contributed by atoms with Crippen LogP contribution in [0.4, 0.5) is 5.69 Å². The summed E-state index contributed by atoms with van der Waals surface area (Å²) in [7, 11) is 0. The number of nitrogen functional groups attached to an aromatic ring is 1. The minimum Gasteiger partial charge on any atom is -0.398 e. The molecule has 0 amide bonds. The number of anilines is 1. The van der Waals surface area contributed by atoms with Crippen molar-refractivity contribution in [3.05, 3.63) is 59.1 Å². The maximum Gasteiger partial charge on any atom is 0.0788 e. The smallest absolute Gasteiger partial charge is 0.0788 e. The Kier molecular flexibility index (Phi) is 5.94. The molecule has 0 aliphatic carbocycles. The quantitative estimate of drug-likeness (QED) is 0.565. The van der Waals surface area contributed by atoms with E-state index in [1.807, 2.05) is 36.4 Å². The van der Waals surface area contributed by atoms with E-state index in [4.69, 9.17) is 23.1 Å². The van der Waals surface area contributed by atoms with Gasteiger partial charge in [-0.05, 0) is 30.2 Å². The fourth-order valence-electron chi connectivity index (χ4n) is 1.97. The molecule has 0 aromatic heterocycles. The number of rotatable bonds is 6. The summed E-state index contributed by atoms with van der Waals surface area (Å²) in [5, 5.41) is 10.8. The van der Waals surface area contributed by atoms with Crippen molar-refractivity contribution in [3.8, 4) is 0 Å². The van der Waals surface area contributed by atoms with E-state index in [2.05, 4.69) is 0 Å². The highest BCUT2D eigenvalue weighted by Crippen LogP contribution is 2.28. The third kappa shape index (κ3) is 4.93. The van der Waals surface area contributed by atoms with Gasteiger partial charge in [-0.3, -0.25) is 0 Å². The fraction of sp³-hybridized carbons (Fsp3) is 0.250. The van der Waals surface area contributed by atoms with Gasteiger partial charge in [0.1, 0.15) is 0 Å². The van der Waals surface area contributed by atoms with Crippen molar-refractivity contribution in [2.24, 2.45) is 5.73 Å². The van der Waals surface area contributed by atoms with Gasteiger partial charge in [0, 0.05) is 27.4 Å². The molecule has 5 N–H and O–H groups in total. The number of halogens is 1. The summed E-state index contributed by atoms with van der Waals surface area (Å²) in [6, 6.07) is 15.0. The van der Waals surface area contributed by atoms with Gasteiger partial charge in [0.2, 0.25) is 0 Å². The summed E-state index contributed by atoms with van der Waals surface area (Å²) in [5.41, 5.74) is 13.7. The lowest BCUT2D eigenvalue weighted by atomic mass is 10.0. The van der Waals surface area contributed by atoms with E-state index in [9.17, 15) is 5.11 Å². The van der Waals surface area contributed by atoms with Gasteiger partial charge in [0.15, 0.2) is 0 Å². The molecule has 2 aromatic rings. The molecule has 2 rings (SSSR count). The zero-order valence-corrected chi connectivity index (χ0v) is 13.1. The van der Waals surface area contributed by atoms with E-state index >= 15 is 0 Å². The van der Waals surface area contributed by atoms with Crippen LogP contribution in [-0.2, 0) is 6.42 Å². The number of nitrogens with two attached hydrogens (primary N) is 2. The van der Waals surface area contributed by atoms with E-state index in [0.717, 1.165) is 10.5 Å². The Morgan fingerprint density at radius 2 is 1.86 bits per heavy atom. The van der Waals surface area contributed by atoms with E-state index < -0.39 is 6.10 Å². The van der Waals surface area contributed by atoms with Crippen LogP contribution < -0.4 is 11.5 Å². The highest BCUT2D eigenvalue weighted by atomic mass is 35.5. The molecule has 0 fully saturated rings. The second-order valence-electron chi connectivity index (χ2n) is 4.91. The van der Waals surface area contributed by atoms with E-state index in [1.165, 1.54) is 11.8 Å². The van der Waals surface area contributed by atoms with Gasteiger partial charge in [-0.1, -0.05) is 41.9 Å². The number of aliphatic hydroxyl groups excluding tert-OH is 1. The SMILES string of the molecule is Nc1cc(Cl)ccc1SCC(O)C(N)Cc1ccccc1. The maximum absolute atomic E-state index is 10.2. The number of hydrogen-bond acceptors (Lipinski definition) is 4. The van der Waals surface area contributed by atoms with Crippen LogP contribution in [0.15, 0.2) is 53.4 Å².